The van der Waals surface area contributed by atoms with Crippen molar-refractivity contribution in [1.29, 1.82) is 0 Å². The highest BCUT2D eigenvalue weighted by Crippen LogP contribution is 2.24. The van der Waals surface area contributed by atoms with Crippen LogP contribution in [-0.4, -0.2) is 35.1 Å². The van der Waals surface area contributed by atoms with Crippen LogP contribution in [0.15, 0.2) is 66.7 Å². The van der Waals surface area contributed by atoms with Gasteiger partial charge in [0.05, 0.1) is 4.92 Å². The number of non-ortho nitro benzene ring substituents is 1. The number of thiocarbonyl (C=S) groups is 1. The topological polar surface area (TPSA) is 132 Å². The summed E-state index contributed by atoms with van der Waals surface area (Å²) in [6, 6.07) is 18.4. The minimum absolute atomic E-state index is 0.0904. The van der Waals surface area contributed by atoms with Crippen molar-refractivity contribution < 1.29 is 24.0 Å². The van der Waals surface area contributed by atoms with E-state index in [1.807, 2.05) is 36.4 Å². The molecule has 0 aliphatic rings. The summed E-state index contributed by atoms with van der Waals surface area (Å²) in [6.45, 7) is -0.640. The van der Waals surface area contributed by atoms with E-state index in [2.05, 4.69) is 16.2 Å². The largest absolute Gasteiger partial charge is 0.484 e. The van der Waals surface area contributed by atoms with E-state index in [-0.39, 0.29) is 29.8 Å². The van der Waals surface area contributed by atoms with Crippen LogP contribution in [0.2, 0.25) is 0 Å². The Morgan fingerprint density at radius 3 is 2.31 bits per heavy atom. The number of carbonyl (C=O) groups is 2. The standard InChI is InChI=1S/C21H18N4O6S/c26-19(12-30-16-10-8-15(9-11-16)25(28)29)22-21(32)24-23-20(27)13-31-18-7-3-5-14-4-1-2-6-17(14)18/h1-11H,12-13H2,(H,23,27)(H2,22,24,26,32). The van der Waals surface area contributed by atoms with Gasteiger partial charge in [0.25, 0.3) is 17.5 Å². The fraction of sp³-hybridized carbons (Fsp3) is 0.0952. The number of nitro groups is 1. The lowest BCUT2D eigenvalue weighted by molar-refractivity contribution is -0.384. The van der Waals surface area contributed by atoms with Gasteiger partial charge in [-0.2, -0.15) is 0 Å². The molecule has 0 aliphatic heterocycles. The molecule has 3 rings (SSSR count). The second-order valence-corrected chi connectivity index (χ2v) is 6.76. The van der Waals surface area contributed by atoms with Crippen LogP contribution in [-0.2, 0) is 9.59 Å². The zero-order valence-corrected chi connectivity index (χ0v) is 17.4. The van der Waals surface area contributed by atoms with E-state index < -0.39 is 16.7 Å². The molecular weight excluding hydrogens is 436 g/mol. The predicted molar refractivity (Wildman–Crippen MR) is 120 cm³/mol. The monoisotopic (exact) mass is 454 g/mol. The fourth-order valence-corrected chi connectivity index (χ4v) is 2.80. The molecule has 0 saturated carbocycles. The van der Waals surface area contributed by atoms with Crippen molar-refractivity contribution in [3.63, 3.8) is 0 Å². The fourth-order valence-electron chi connectivity index (χ4n) is 2.63. The summed E-state index contributed by atoms with van der Waals surface area (Å²) in [6.07, 6.45) is 0. The van der Waals surface area contributed by atoms with Gasteiger partial charge in [-0.25, -0.2) is 0 Å². The molecule has 0 bridgehead atoms. The van der Waals surface area contributed by atoms with Gasteiger partial charge in [0.1, 0.15) is 11.5 Å². The van der Waals surface area contributed by atoms with Crippen molar-refractivity contribution in [2.45, 2.75) is 0 Å². The molecule has 0 atom stereocenters. The first-order valence-corrected chi connectivity index (χ1v) is 9.69. The molecule has 164 valence electrons. The highest BCUT2D eigenvalue weighted by Gasteiger charge is 2.10. The molecular formula is C21H18N4O6S. The van der Waals surface area contributed by atoms with E-state index in [0.717, 1.165) is 10.8 Å². The number of nitro benzene ring substituents is 1. The number of fused-ring (bicyclic) bond motifs is 1. The summed E-state index contributed by atoms with van der Waals surface area (Å²) in [5, 5.41) is 14.7. The van der Waals surface area contributed by atoms with Crippen molar-refractivity contribution in [3.05, 3.63) is 76.8 Å². The number of hydrogen-bond donors (Lipinski definition) is 3. The number of nitrogens with one attached hydrogen (secondary N) is 3. The van der Waals surface area contributed by atoms with Gasteiger partial charge in [-0.05, 0) is 35.8 Å². The van der Waals surface area contributed by atoms with Crippen LogP contribution < -0.4 is 25.6 Å². The number of amides is 2. The van der Waals surface area contributed by atoms with Crippen LogP contribution >= 0.6 is 12.2 Å². The lowest BCUT2D eigenvalue weighted by Crippen LogP contribution is -2.50. The van der Waals surface area contributed by atoms with Gasteiger partial charge in [0, 0.05) is 17.5 Å². The number of benzene rings is 3. The first kappa shape index (κ1) is 22.4. The molecule has 3 aromatic carbocycles. The van der Waals surface area contributed by atoms with Gasteiger partial charge in [-0.15, -0.1) is 0 Å². The number of rotatable bonds is 7. The number of ether oxygens (including phenoxy) is 2. The van der Waals surface area contributed by atoms with Crippen LogP contribution in [0.1, 0.15) is 0 Å². The van der Waals surface area contributed by atoms with Gasteiger partial charge in [-0.3, -0.25) is 35.9 Å². The van der Waals surface area contributed by atoms with Crippen LogP contribution in [0.4, 0.5) is 5.69 Å². The summed E-state index contributed by atoms with van der Waals surface area (Å²) < 4.78 is 10.8. The molecule has 0 spiro atoms. The lowest BCUT2D eigenvalue weighted by atomic mass is 10.1. The van der Waals surface area contributed by atoms with Gasteiger partial charge < -0.3 is 9.47 Å². The maximum Gasteiger partial charge on any atom is 0.276 e. The summed E-state index contributed by atoms with van der Waals surface area (Å²) in [4.78, 5) is 33.9. The van der Waals surface area contributed by atoms with Crippen molar-refractivity contribution in [2.75, 3.05) is 13.2 Å². The molecule has 11 heteroatoms. The van der Waals surface area contributed by atoms with Gasteiger partial charge >= 0.3 is 0 Å². The Hall–Kier alpha value is -4.25. The van der Waals surface area contributed by atoms with Gasteiger partial charge in [0.15, 0.2) is 18.3 Å². The third-order valence-electron chi connectivity index (χ3n) is 4.09. The van der Waals surface area contributed by atoms with E-state index in [1.54, 1.807) is 6.07 Å². The lowest BCUT2D eigenvalue weighted by Gasteiger charge is -2.12. The second kappa shape index (κ2) is 10.7. The van der Waals surface area contributed by atoms with E-state index in [1.165, 1.54) is 24.3 Å². The van der Waals surface area contributed by atoms with Crippen molar-refractivity contribution in [2.24, 2.45) is 0 Å². The Morgan fingerprint density at radius 2 is 1.56 bits per heavy atom. The minimum atomic E-state index is -0.581. The van der Waals surface area contributed by atoms with Crippen molar-refractivity contribution in [1.82, 2.24) is 16.2 Å². The second-order valence-electron chi connectivity index (χ2n) is 6.36. The predicted octanol–water partition coefficient (Wildman–Crippen LogP) is 2.23. The highest BCUT2D eigenvalue weighted by molar-refractivity contribution is 7.80. The number of carbonyl (C=O) groups excluding carboxylic acids is 2. The molecule has 0 radical (unpaired) electrons. The van der Waals surface area contributed by atoms with Crippen molar-refractivity contribution >= 4 is 45.6 Å². The van der Waals surface area contributed by atoms with Crippen LogP contribution in [0.5, 0.6) is 11.5 Å². The maximum absolute atomic E-state index is 12.0. The highest BCUT2D eigenvalue weighted by atomic mass is 32.1. The summed E-state index contributed by atoms with van der Waals surface area (Å²) in [5.74, 6) is -0.236. The average Bonchev–Trinajstić information content (AvgIpc) is 2.80. The first-order chi connectivity index (χ1) is 15.4. The Kier molecular flexibility index (Phi) is 7.49. The molecule has 0 saturated heterocycles. The van der Waals surface area contributed by atoms with Crippen molar-refractivity contribution in [3.8, 4) is 11.5 Å². The van der Waals surface area contributed by atoms with E-state index in [0.29, 0.717) is 5.75 Å². The molecule has 32 heavy (non-hydrogen) atoms. The third kappa shape index (κ3) is 6.37. The number of hydrogen-bond acceptors (Lipinski definition) is 7. The average molecular weight is 454 g/mol. The van der Waals surface area contributed by atoms with Crippen LogP contribution in [0.25, 0.3) is 10.8 Å². The zero-order chi connectivity index (χ0) is 22.9. The van der Waals surface area contributed by atoms with E-state index in [9.17, 15) is 19.7 Å². The van der Waals surface area contributed by atoms with Crippen LogP contribution in [0.3, 0.4) is 0 Å². The Labute approximate surface area is 187 Å². The molecule has 3 N–H and O–H groups in total. The third-order valence-corrected chi connectivity index (χ3v) is 4.30. The molecule has 10 nitrogen and oxygen atoms in total. The summed E-state index contributed by atoms with van der Waals surface area (Å²) >= 11 is 4.94. The van der Waals surface area contributed by atoms with Crippen LogP contribution in [0, 0.1) is 10.1 Å². The normalized spacial score (nSPS) is 10.1. The Balaban J connectivity index is 1.37. The molecule has 0 heterocycles. The number of nitrogens with zero attached hydrogens (tertiary/aromatic N) is 1. The first-order valence-electron chi connectivity index (χ1n) is 9.29. The molecule has 0 aromatic heterocycles. The smallest absolute Gasteiger partial charge is 0.276 e. The van der Waals surface area contributed by atoms with E-state index in [4.69, 9.17) is 21.7 Å². The number of hydrazine groups is 1. The molecule has 0 aliphatic carbocycles. The Morgan fingerprint density at radius 1 is 0.875 bits per heavy atom. The molecule has 0 unspecified atom stereocenters. The minimum Gasteiger partial charge on any atom is -0.484 e. The van der Waals surface area contributed by atoms with Gasteiger partial charge in [-0.1, -0.05) is 36.4 Å². The summed E-state index contributed by atoms with van der Waals surface area (Å²) in [7, 11) is 0. The Bertz CT molecular complexity index is 1150. The molecule has 2 amide bonds. The maximum atomic E-state index is 12.0. The summed E-state index contributed by atoms with van der Waals surface area (Å²) in [5.41, 5.74) is 4.63. The van der Waals surface area contributed by atoms with E-state index >= 15 is 0 Å². The molecule has 0 fully saturated rings. The van der Waals surface area contributed by atoms with Gasteiger partial charge in [0.2, 0.25) is 0 Å². The molecule has 3 aromatic rings. The zero-order valence-electron chi connectivity index (χ0n) is 16.6. The SMILES string of the molecule is O=C(COc1cccc2ccccc12)NNC(=S)NC(=O)COc1ccc([N+](=O)[O-])cc1. The quantitative estimate of drug-likeness (QED) is 0.281.